The summed E-state index contributed by atoms with van der Waals surface area (Å²) in [4.78, 5) is 14.2. The van der Waals surface area contributed by atoms with Crippen LogP contribution in [0.5, 0.6) is 0 Å². The zero-order valence-electron chi connectivity index (χ0n) is 14.0. The first-order valence-corrected chi connectivity index (χ1v) is 7.65. The average Bonchev–Trinajstić information content (AvgIpc) is 2.91. The van der Waals surface area contributed by atoms with Crippen molar-refractivity contribution in [3.8, 4) is 0 Å². The van der Waals surface area contributed by atoms with E-state index in [9.17, 15) is 18.0 Å². The molecule has 0 aromatic carbocycles. The summed E-state index contributed by atoms with van der Waals surface area (Å²) in [6, 6.07) is 0. The van der Waals surface area contributed by atoms with Gasteiger partial charge < -0.3 is 14.4 Å². The fraction of sp³-hybridized carbons (Fsp3) is 0.733. The van der Waals surface area contributed by atoms with E-state index in [4.69, 9.17) is 9.47 Å². The van der Waals surface area contributed by atoms with Crippen LogP contribution in [0.15, 0.2) is 12.4 Å². The smallest absolute Gasteiger partial charge is 0.382 e. The standard InChI is InChI=1S/C15H22F3N3O3/c1-14(2)10-20(8-12(24-14)9-23-3)13(22)11-6-19-21(7-11)5-4-15(16,17)18/h6-7,12H,4-5,8-10H2,1-3H3. The van der Waals surface area contributed by atoms with Gasteiger partial charge >= 0.3 is 6.18 Å². The minimum atomic E-state index is -4.25. The van der Waals surface area contributed by atoms with Gasteiger partial charge in [-0.3, -0.25) is 9.48 Å². The molecule has 0 radical (unpaired) electrons. The van der Waals surface area contributed by atoms with E-state index in [1.54, 1.807) is 12.0 Å². The van der Waals surface area contributed by atoms with Crippen LogP contribution >= 0.6 is 0 Å². The average molecular weight is 349 g/mol. The Kier molecular flexibility index (Phi) is 5.54. The fourth-order valence-electron chi connectivity index (χ4n) is 2.74. The molecule has 1 aliphatic heterocycles. The number of alkyl halides is 3. The number of aromatic nitrogens is 2. The maximum atomic E-state index is 12.6. The van der Waals surface area contributed by atoms with Gasteiger partial charge in [0.2, 0.25) is 0 Å². The lowest BCUT2D eigenvalue weighted by Crippen LogP contribution is -2.55. The van der Waals surface area contributed by atoms with Crippen LogP contribution in [0, 0.1) is 0 Å². The molecule has 24 heavy (non-hydrogen) atoms. The molecule has 0 aliphatic carbocycles. The molecule has 1 unspecified atom stereocenters. The van der Waals surface area contributed by atoms with Gasteiger partial charge in [0.05, 0.1) is 36.5 Å². The zero-order chi connectivity index (χ0) is 18.0. The molecule has 1 fully saturated rings. The highest BCUT2D eigenvalue weighted by atomic mass is 19.4. The van der Waals surface area contributed by atoms with Crippen molar-refractivity contribution < 1.29 is 27.4 Å². The third-order valence-electron chi connectivity index (χ3n) is 3.63. The summed E-state index contributed by atoms with van der Waals surface area (Å²) in [7, 11) is 1.56. The SMILES string of the molecule is COCC1CN(C(=O)c2cnn(CCC(F)(F)F)c2)CC(C)(C)O1. The molecule has 1 aliphatic rings. The summed E-state index contributed by atoms with van der Waals surface area (Å²) in [5.41, 5.74) is -0.255. The minimum Gasteiger partial charge on any atom is -0.382 e. The van der Waals surface area contributed by atoms with E-state index in [2.05, 4.69) is 5.10 Å². The van der Waals surface area contributed by atoms with Gasteiger partial charge in [-0.05, 0) is 13.8 Å². The third-order valence-corrected chi connectivity index (χ3v) is 3.63. The van der Waals surface area contributed by atoms with Crippen LogP contribution in [0.25, 0.3) is 0 Å². The number of carbonyl (C=O) groups excluding carboxylic acids is 1. The molecule has 1 aromatic rings. The van der Waals surface area contributed by atoms with Crippen molar-refractivity contribution in [1.82, 2.24) is 14.7 Å². The number of nitrogens with zero attached hydrogens (tertiary/aromatic N) is 3. The molecule has 0 saturated carbocycles. The molecule has 1 saturated heterocycles. The van der Waals surface area contributed by atoms with E-state index in [0.717, 1.165) is 4.68 Å². The molecule has 0 spiro atoms. The topological polar surface area (TPSA) is 56.6 Å². The van der Waals surface area contributed by atoms with Crippen molar-refractivity contribution in [1.29, 1.82) is 0 Å². The predicted octanol–water partition coefficient (Wildman–Crippen LogP) is 2.10. The number of hydrogen-bond acceptors (Lipinski definition) is 4. The Labute approximate surface area is 138 Å². The number of rotatable bonds is 5. The molecule has 2 heterocycles. The van der Waals surface area contributed by atoms with Gasteiger partial charge in [0, 0.05) is 32.9 Å². The van der Waals surface area contributed by atoms with Crippen LogP contribution in [0.4, 0.5) is 13.2 Å². The fourth-order valence-corrected chi connectivity index (χ4v) is 2.74. The molecule has 136 valence electrons. The monoisotopic (exact) mass is 349 g/mol. The molecule has 1 amide bonds. The maximum Gasteiger partial charge on any atom is 0.390 e. The lowest BCUT2D eigenvalue weighted by Gasteiger charge is -2.42. The molecule has 1 aromatic heterocycles. The van der Waals surface area contributed by atoms with Gasteiger partial charge in [-0.15, -0.1) is 0 Å². The van der Waals surface area contributed by atoms with E-state index in [-0.39, 0.29) is 24.1 Å². The number of carbonyl (C=O) groups is 1. The van der Waals surface area contributed by atoms with Gasteiger partial charge in [-0.2, -0.15) is 18.3 Å². The molecule has 0 N–H and O–H groups in total. The summed E-state index contributed by atoms with van der Waals surface area (Å²) in [6.07, 6.45) is -2.84. The molecule has 9 heteroatoms. The van der Waals surface area contributed by atoms with E-state index < -0.39 is 18.2 Å². The van der Waals surface area contributed by atoms with E-state index in [1.807, 2.05) is 13.8 Å². The van der Waals surface area contributed by atoms with Crippen LogP contribution in [0.3, 0.4) is 0 Å². The largest absolute Gasteiger partial charge is 0.390 e. The zero-order valence-corrected chi connectivity index (χ0v) is 14.0. The van der Waals surface area contributed by atoms with Crippen LogP contribution in [0.1, 0.15) is 30.6 Å². The van der Waals surface area contributed by atoms with Crippen molar-refractivity contribution in [2.24, 2.45) is 0 Å². The second kappa shape index (κ2) is 7.10. The van der Waals surface area contributed by atoms with Gasteiger partial charge in [0.1, 0.15) is 0 Å². The van der Waals surface area contributed by atoms with Gasteiger partial charge in [-0.1, -0.05) is 0 Å². The van der Waals surface area contributed by atoms with Crippen LogP contribution < -0.4 is 0 Å². The number of amides is 1. The van der Waals surface area contributed by atoms with Gasteiger partial charge in [0.15, 0.2) is 0 Å². The Morgan fingerprint density at radius 2 is 2.21 bits per heavy atom. The molecule has 1 atom stereocenters. The quantitative estimate of drug-likeness (QED) is 0.817. The van der Waals surface area contributed by atoms with E-state index in [1.165, 1.54) is 12.4 Å². The summed E-state index contributed by atoms with van der Waals surface area (Å²) in [5, 5.41) is 3.84. The second-order valence-electron chi connectivity index (χ2n) is 6.50. The first-order valence-electron chi connectivity index (χ1n) is 7.65. The van der Waals surface area contributed by atoms with Crippen molar-refractivity contribution in [2.45, 2.75) is 44.7 Å². The number of aryl methyl sites for hydroxylation is 1. The highest BCUT2D eigenvalue weighted by Crippen LogP contribution is 2.23. The maximum absolute atomic E-state index is 12.6. The Bertz CT molecular complexity index is 572. The van der Waals surface area contributed by atoms with Crippen molar-refractivity contribution in [3.63, 3.8) is 0 Å². The van der Waals surface area contributed by atoms with Gasteiger partial charge in [0.25, 0.3) is 5.91 Å². The predicted molar refractivity (Wildman–Crippen MR) is 79.6 cm³/mol. The molecule has 2 rings (SSSR count). The van der Waals surface area contributed by atoms with Crippen LogP contribution in [-0.4, -0.2) is 65.3 Å². The number of methoxy groups -OCH3 is 1. The summed E-state index contributed by atoms with van der Waals surface area (Å²) < 4.78 is 48.8. The van der Waals surface area contributed by atoms with Crippen LogP contribution in [0.2, 0.25) is 0 Å². The summed E-state index contributed by atoms with van der Waals surface area (Å²) >= 11 is 0. The van der Waals surface area contributed by atoms with Crippen molar-refractivity contribution >= 4 is 5.91 Å². The van der Waals surface area contributed by atoms with E-state index >= 15 is 0 Å². The highest BCUT2D eigenvalue weighted by molar-refractivity contribution is 5.93. The Morgan fingerprint density at radius 3 is 2.83 bits per heavy atom. The van der Waals surface area contributed by atoms with E-state index in [0.29, 0.717) is 19.7 Å². The lowest BCUT2D eigenvalue weighted by molar-refractivity contribution is -0.143. The number of ether oxygens (including phenoxy) is 2. The Morgan fingerprint density at radius 1 is 1.50 bits per heavy atom. The van der Waals surface area contributed by atoms with Crippen LogP contribution in [-0.2, 0) is 16.0 Å². The Balaban J connectivity index is 2.03. The molecule has 0 bridgehead atoms. The number of halogens is 3. The Hall–Kier alpha value is -1.61. The first kappa shape index (κ1) is 18.7. The molecular formula is C15H22F3N3O3. The second-order valence-corrected chi connectivity index (χ2v) is 6.50. The third kappa shape index (κ3) is 5.20. The molecular weight excluding hydrogens is 327 g/mol. The van der Waals surface area contributed by atoms with Crippen molar-refractivity contribution in [2.75, 3.05) is 26.8 Å². The highest BCUT2D eigenvalue weighted by Gasteiger charge is 2.36. The van der Waals surface area contributed by atoms with Gasteiger partial charge in [-0.25, -0.2) is 0 Å². The van der Waals surface area contributed by atoms with Crippen molar-refractivity contribution in [3.05, 3.63) is 18.0 Å². The number of hydrogen-bond donors (Lipinski definition) is 0. The number of morpholine rings is 1. The minimum absolute atomic E-state index is 0.247. The molecule has 6 nitrogen and oxygen atoms in total. The summed E-state index contributed by atoms with van der Waals surface area (Å²) in [5.74, 6) is -0.272. The normalized spacial score (nSPS) is 21.1. The lowest BCUT2D eigenvalue weighted by atomic mass is 10.0. The summed E-state index contributed by atoms with van der Waals surface area (Å²) in [6.45, 7) is 4.56. The first-order chi connectivity index (χ1) is 11.1.